The number of nitro benzene ring substituents is 1. The second kappa shape index (κ2) is 5.77. The van der Waals surface area contributed by atoms with Gasteiger partial charge in [-0.1, -0.05) is 6.07 Å². The topological polar surface area (TPSA) is 72.2 Å². The molecule has 0 radical (unpaired) electrons. The SMILES string of the molecule is CN(Cc1cccnc1)c1ccc([N+](=O)[O-])c2cccnc12. The van der Waals surface area contributed by atoms with Gasteiger partial charge < -0.3 is 4.90 Å². The van der Waals surface area contributed by atoms with Crippen molar-refractivity contribution in [1.29, 1.82) is 0 Å². The second-order valence-corrected chi connectivity index (χ2v) is 4.98. The summed E-state index contributed by atoms with van der Waals surface area (Å²) in [7, 11) is 1.93. The lowest BCUT2D eigenvalue weighted by Gasteiger charge is -2.20. The molecule has 0 amide bonds. The molecule has 2 aromatic heterocycles. The van der Waals surface area contributed by atoms with Crippen molar-refractivity contribution in [3.63, 3.8) is 0 Å². The monoisotopic (exact) mass is 294 g/mol. The van der Waals surface area contributed by atoms with Crippen LogP contribution in [0, 0.1) is 10.1 Å². The molecule has 2 heterocycles. The van der Waals surface area contributed by atoms with Crippen molar-refractivity contribution in [2.75, 3.05) is 11.9 Å². The molecule has 0 aliphatic carbocycles. The average Bonchev–Trinajstić information content (AvgIpc) is 2.54. The van der Waals surface area contributed by atoms with E-state index in [2.05, 4.69) is 9.97 Å². The normalized spacial score (nSPS) is 10.6. The molecule has 1 aromatic carbocycles. The predicted octanol–water partition coefficient (Wildman–Crippen LogP) is 3.17. The standard InChI is InChI=1S/C16H14N4O2/c1-19(11-12-4-2-8-17-10-12)15-7-6-14(20(21)22)13-5-3-9-18-16(13)15/h2-10H,11H2,1H3. The zero-order chi connectivity index (χ0) is 15.5. The van der Waals surface area contributed by atoms with Gasteiger partial charge in [0.1, 0.15) is 5.52 Å². The van der Waals surface area contributed by atoms with Gasteiger partial charge in [-0.2, -0.15) is 0 Å². The van der Waals surface area contributed by atoms with Crippen molar-refractivity contribution in [3.05, 3.63) is 70.7 Å². The zero-order valence-electron chi connectivity index (χ0n) is 12.0. The third-order valence-electron chi connectivity index (χ3n) is 3.48. The molecule has 3 aromatic rings. The Labute approximate surface area is 127 Å². The van der Waals surface area contributed by atoms with E-state index in [1.54, 1.807) is 36.8 Å². The van der Waals surface area contributed by atoms with Gasteiger partial charge in [0.05, 0.1) is 16.0 Å². The molecular weight excluding hydrogens is 280 g/mol. The zero-order valence-corrected chi connectivity index (χ0v) is 12.0. The Kier molecular flexibility index (Phi) is 3.65. The summed E-state index contributed by atoms with van der Waals surface area (Å²) in [6.07, 6.45) is 5.18. The largest absolute Gasteiger partial charge is 0.368 e. The summed E-state index contributed by atoms with van der Waals surface area (Å²) in [6, 6.07) is 10.6. The van der Waals surface area contributed by atoms with Crippen molar-refractivity contribution in [2.24, 2.45) is 0 Å². The molecule has 110 valence electrons. The molecule has 0 saturated heterocycles. The van der Waals surface area contributed by atoms with Gasteiger partial charge in [0.15, 0.2) is 0 Å². The van der Waals surface area contributed by atoms with E-state index in [-0.39, 0.29) is 10.6 Å². The van der Waals surface area contributed by atoms with Crippen LogP contribution in [-0.4, -0.2) is 21.9 Å². The number of hydrogen-bond donors (Lipinski definition) is 0. The van der Waals surface area contributed by atoms with Crippen LogP contribution in [0.1, 0.15) is 5.56 Å². The van der Waals surface area contributed by atoms with Crippen molar-refractivity contribution in [1.82, 2.24) is 9.97 Å². The van der Waals surface area contributed by atoms with Crippen LogP contribution in [0.15, 0.2) is 55.0 Å². The van der Waals surface area contributed by atoms with Crippen LogP contribution in [0.3, 0.4) is 0 Å². The number of fused-ring (bicyclic) bond motifs is 1. The predicted molar refractivity (Wildman–Crippen MR) is 84.7 cm³/mol. The third kappa shape index (κ3) is 2.58. The molecule has 3 rings (SSSR count). The number of benzene rings is 1. The molecule has 0 fully saturated rings. The van der Waals surface area contributed by atoms with Crippen LogP contribution < -0.4 is 4.90 Å². The minimum absolute atomic E-state index is 0.0710. The summed E-state index contributed by atoms with van der Waals surface area (Å²) in [5.41, 5.74) is 2.61. The van der Waals surface area contributed by atoms with Gasteiger partial charge in [0.2, 0.25) is 0 Å². The maximum atomic E-state index is 11.1. The Hall–Kier alpha value is -3.02. The number of nitro groups is 1. The van der Waals surface area contributed by atoms with E-state index in [4.69, 9.17) is 0 Å². The molecule has 6 nitrogen and oxygen atoms in total. The van der Waals surface area contributed by atoms with Crippen molar-refractivity contribution >= 4 is 22.3 Å². The Morgan fingerprint density at radius 1 is 1.18 bits per heavy atom. The number of non-ortho nitro benzene ring substituents is 1. The molecule has 6 heteroatoms. The van der Waals surface area contributed by atoms with Gasteiger partial charge in [-0.25, -0.2) is 0 Å². The number of nitrogens with zero attached hydrogens (tertiary/aromatic N) is 4. The lowest BCUT2D eigenvalue weighted by atomic mass is 10.1. The van der Waals surface area contributed by atoms with Crippen LogP contribution in [-0.2, 0) is 6.54 Å². The number of hydrogen-bond acceptors (Lipinski definition) is 5. The van der Waals surface area contributed by atoms with Gasteiger partial charge in [-0.15, -0.1) is 0 Å². The summed E-state index contributed by atoms with van der Waals surface area (Å²) in [5.74, 6) is 0. The summed E-state index contributed by atoms with van der Waals surface area (Å²) in [5, 5.41) is 11.7. The Balaban J connectivity index is 2.04. The number of rotatable bonds is 4. The molecule has 0 saturated carbocycles. The number of anilines is 1. The van der Waals surface area contributed by atoms with E-state index < -0.39 is 0 Å². The average molecular weight is 294 g/mol. The second-order valence-electron chi connectivity index (χ2n) is 4.98. The lowest BCUT2D eigenvalue weighted by molar-refractivity contribution is -0.383. The minimum atomic E-state index is -0.380. The fraction of sp³-hybridized carbons (Fsp3) is 0.125. The molecule has 0 aliphatic heterocycles. The van der Waals surface area contributed by atoms with Gasteiger partial charge in [-0.3, -0.25) is 20.1 Å². The van der Waals surface area contributed by atoms with Crippen molar-refractivity contribution in [3.8, 4) is 0 Å². The summed E-state index contributed by atoms with van der Waals surface area (Å²) in [4.78, 5) is 21.2. The quantitative estimate of drug-likeness (QED) is 0.546. The van der Waals surface area contributed by atoms with Gasteiger partial charge >= 0.3 is 0 Å². The van der Waals surface area contributed by atoms with E-state index in [1.807, 2.05) is 24.1 Å². The first-order valence-electron chi connectivity index (χ1n) is 6.79. The first-order valence-corrected chi connectivity index (χ1v) is 6.79. The van der Waals surface area contributed by atoms with Crippen LogP contribution in [0.5, 0.6) is 0 Å². The summed E-state index contributed by atoms with van der Waals surface area (Å²) >= 11 is 0. The highest BCUT2D eigenvalue weighted by atomic mass is 16.6. The molecule has 0 bridgehead atoms. The molecule has 0 unspecified atom stereocenters. The number of pyridine rings is 2. The number of aromatic nitrogens is 2. The molecule has 0 spiro atoms. The summed E-state index contributed by atoms with van der Waals surface area (Å²) in [6.45, 7) is 0.650. The fourth-order valence-corrected chi connectivity index (χ4v) is 2.46. The first kappa shape index (κ1) is 13.9. The molecule has 22 heavy (non-hydrogen) atoms. The highest BCUT2D eigenvalue weighted by molar-refractivity contribution is 5.96. The highest BCUT2D eigenvalue weighted by Gasteiger charge is 2.16. The van der Waals surface area contributed by atoms with E-state index in [1.165, 1.54) is 6.07 Å². The third-order valence-corrected chi connectivity index (χ3v) is 3.48. The van der Waals surface area contributed by atoms with E-state index in [0.717, 1.165) is 11.3 Å². The van der Waals surface area contributed by atoms with E-state index in [0.29, 0.717) is 17.4 Å². The van der Waals surface area contributed by atoms with Gasteiger partial charge in [0, 0.05) is 38.2 Å². The molecule has 0 atom stereocenters. The van der Waals surface area contributed by atoms with Crippen LogP contribution >= 0.6 is 0 Å². The Morgan fingerprint density at radius 2 is 2.00 bits per heavy atom. The molecular formula is C16H14N4O2. The maximum Gasteiger partial charge on any atom is 0.278 e. The summed E-state index contributed by atoms with van der Waals surface area (Å²) < 4.78 is 0. The maximum absolute atomic E-state index is 11.1. The van der Waals surface area contributed by atoms with Crippen LogP contribution in [0.4, 0.5) is 11.4 Å². The Morgan fingerprint density at radius 3 is 2.73 bits per heavy atom. The molecule has 0 aliphatic rings. The minimum Gasteiger partial charge on any atom is -0.368 e. The van der Waals surface area contributed by atoms with Crippen LogP contribution in [0.25, 0.3) is 10.9 Å². The lowest BCUT2D eigenvalue weighted by Crippen LogP contribution is -2.17. The highest BCUT2D eigenvalue weighted by Crippen LogP contribution is 2.31. The van der Waals surface area contributed by atoms with Crippen molar-refractivity contribution < 1.29 is 4.92 Å². The van der Waals surface area contributed by atoms with Crippen molar-refractivity contribution in [2.45, 2.75) is 6.54 Å². The van der Waals surface area contributed by atoms with Gasteiger partial charge in [-0.05, 0) is 29.8 Å². The Bertz CT molecular complexity index is 821. The van der Waals surface area contributed by atoms with E-state index >= 15 is 0 Å². The first-order chi connectivity index (χ1) is 10.7. The fourth-order valence-electron chi connectivity index (χ4n) is 2.46. The molecule has 0 N–H and O–H groups in total. The van der Waals surface area contributed by atoms with Crippen LogP contribution in [0.2, 0.25) is 0 Å². The smallest absolute Gasteiger partial charge is 0.278 e. The van der Waals surface area contributed by atoms with Gasteiger partial charge in [0.25, 0.3) is 5.69 Å². The van der Waals surface area contributed by atoms with E-state index in [9.17, 15) is 10.1 Å².